The van der Waals surface area contributed by atoms with E-state index in [1.807, 2.05) is 6.92 Å². The van der Waals surface area contributed by atoms with Crippen LogP contribution in [0.4, 0.5) is 0 Å². The second kappa shape index (κ2) is 5.08. The molecule has 0 aliphatic rings. The van der Waals surface area contributed by atoms with Gasteiger partial charge in [0.05, 0.1) is 18.6 Å². The molecule has 3 heterocycles. The lowest BCUT2D eigenvalue weighted by Crippen LogP contribution is -2.26. The van der Waals surface area contributed by atoms with Gasteiger partial charge in [-0.05, 0) is 31.2 Å². The van der Waals surface area contributed by atoms with E-state index >= 15 is 0 Å². The summed E-state index contributed by atoms with van der Waals surface area (Å²) in [6, 6.07) is 8.31. The first-order valence-electron chi connectivity index (χ1n) is 6.09. The van der Waals surface area contributed by atoms with Crippen LogP contribution in [0, 0.1) is 0 Å². The smallest absolute Gasteiger partial charge is 0.274 e. The molecule has 0 unspecified atom stereocenters. The summed E-state index contributed by atoms with van der Waals surface area (Å²) in [4.78, 5) is 12.0. The lowest BCUT2D eigenvalue weighted by atomic mass is 10.2. The molecule has 0 radical (unpaired) electrons. The number of aromatic nitrogens is 1. The van der Waals surface area contributed by atoms with E-state index in [0.29, 0.717) is 17.3 Å². The topological polar surface area (TPSA) is 81.4 Å². The Morgan fingerprint density at radius 1 is 1.20 bits per heavy atom. The molecular weight excluding hydrogens is 260 g/mol. The Morgan fingerprint density at radius 2 is 2.00 bits per heavy atom. The van der Waals surface area contributed by atoms with Crippen molar-refractivity contribution in [3.05, 3.63) is 54.3 Å². The van der Waals surface area contributed by atoms with E-state index in [-0.39, 0.29) is 17.6 Å². The van der Waals surface area contributed by atoms with Gasteiger partial charge in [-0.15, -0.1) is 0 Å². The minimum Gasteiger partial charge on any atom is -0.467 e. The van der Waals surface area contributed by atoms with E-state index in [9.17, 15) is 4.79 Å². The van der Waals surface area contributed by atoms with Gasteiger partial charge in [0, 0.05) is 6.07 Å². The number of amides is 1. The molecule has 0 saturated carbocycles. The van der Waals surface area contributed by atoms with E-state index < -0.39 is 0 Å². The van der Waals surface area contributed by atoms with Gasteiger partial charge in [0.15, 0.2) is 11.5 Å². The summed E-state index contributed by atoms with van der Waals surface area (Å²) in [5.74, 6) is 1.27. The Morgan fingerprint density at radius 3 is 2.70 bits per heavy atom. The summed E-state index contributed by atoms with van der Waals surface area (Å²) in [5, 5.41) is 6.50. The highest BCUT2D eigenvalue weighted by molar-refractivity contribution is 5.93. The van der Waals surface area contributed by atoms with E-state index in [2.05, 4.69) is 10.5 Å². The molecule has 6 nitrogen and oxygen atoms in total. The summed E-state index contributed by atoms with van der Waals surface area (Å²) in [5.41, 5.74) is 0.190. The van der Waals surface area contributed by atoms with E-state index in [4.69, 9.17) is 13.4 Å². The minimum absolute atomic E-state index is 0.190. The second-order valence-corrected chi connectivity index (χ2v) is 4.26. The maximum Gasteiger partial charge on any atom is 0.274 e. The van der Waals surface area contributed by atoms with Crippen LogP contribution >= 0.6 is 0 Å². The molecule has 1 amide bonds. The van der Waals surface area contributed by atoms with Crippen LogP contribution in [0.25, 0.3) is 11.5 Å². The van der Waals surface area contributed by atoms with Crippen molar-refractivity contribution in [1.82, 2.24) is 10.5 Å². The third-order valence-electron chi connectivity index (χ3n) is 2.82. The second-order valence-electron chi connectivity index (χ2n) is 4.26. The standard InChI is InChI=1S/C14H12N2O4/c1-9(11-4-2-6-18-11)15-14(17)10-8-13(20-16-10)12-5-3-7-19-12/h2-9H,1H3,(H,15,17)/t9-/m0/s1. The molecule has 0 spiro atoms. The molecule has 3 aromatic heterocycles. The highest BCUT2D eigenvalue weighted by atomic mass is 16.5. The normalized spacial score (nSPS) is 12.2. The molecule has 0 aliphatic carbocycles. The number of hydrogen-bond donors (Lipinski definition) is 1. The molecule has 0 aliphatic heterocycles. The van der Waals surface area contributed by atoms with Gasteiger partial charge in [0.2, 0.25) is 5.76 Å². The van der Waals surface area contributed by atoms with E-state index in [1.165, 1.54) is 12.3 Å². The van der Waals surface area contributed by atoms with Gasteiger partial charge in [-0.3, -0.25) is 4.79 Å². The highest BCUT2D eigenvalue weighted by Crippen LogP contribution is 2.21. The Labute approximate surface area is 114 Å². The fourth-order valence-corrected chi connectivity index (χ4v) is 1.80. The van der Waals surface area contributed by atoms with E-state index in [0.717, 1.165) is 0 Å². The molecule has 0 fully saturated rings. The number of carbonyl (C=O) groups is 1. The molecule has 1 N–H and O–H groups in total. The fourth-order valence-electron chi connectivity index (χ4n) is 1.80. The molecule has 3 aromatic rings. The number of hydrogen-bond acceptors (Lipinski definition) is 5. The Bertz CT molecular complexity index is 683. The van der Waals surface area contributed by atoms with Crippen molar-refractivity contribution in [2.75, 3.05) is 0 Å². The van der Waals surface area contributed by atoms with Gasteiger partial charge in [0.25, 0.3) is 5.91 Å². The largest absolute Gasteiger partial charge is 0.467 e. The van der Waals surface area contributed by atoms with Gasteiger partial charge in [0.1, 0.15) is 5.76 Å². The summed E-state index contributed by atoms with van der Waals surface area (Å²) in [7, 11) is 0. The number of carbonyl (C=O) groups excluding carboxylic acids is 1. The zero-order chi connectivity index (χ0) is 13.9. The summed E-state index contributed by atoms with van der Waals surface area (Å²) < 4.78 is 15.5. The van der Waals surface area contributed by atoms with Crippen molar-refractivity contribution in [3.63, 3.8) is 0 Å². The lowest BCUT2D eigenvalue weighted by molar-refractivity contribution is 0.0926. The van der Waals surface area contributed by atoms with Gasteiger partial charge >= 0.3 is 0 Å². The van der Waals surface area contributed by atoms with Gasteiger partial charge in [-0.25, -0.2) is 0 Å². The molecule has 20 heavy (non-hydrogen) atoms. The van der Waals surface area contributed by atoms with Crippen molar-refractivity contribution in [2.24, 2.45) is 0 Å². The molecular formula is C14H12N2O4. The maximum atomic E-state index is 12.0. The Hall–Kier alpha value is -2.76. The van der Waals surface area contributed by atoms with E-state index in [1.54, 1.807) is 30.5 Å². The van der Waals surface area contributed by atoms with Crippen molar-refractivity contribution >= 4 is 5.91 Å². The zero-order valence-electron chi connectivity index (χ0n) is 10.7. The van der Waals surface area contributed by atoms with Crippen LogP contribution in [0.1, 0.15) is 29.2 Å². The first-order valence-corrected chi connectivity index (χ1v) is 6.09. The number of furan rings is 2. The Kier molecular flexibility index (Phi) is 3.12. The maximum absolute atomic E-state index is 12.0. The highest BCUT2D eigenvalue weighted by Gasteiger charge is 2.18. The van der Waals surface area contributed by atoms with Crippen LogP contribution in [-0.4, -0.2) is 11.1 Å². The molecule has 0 bridgehead atoms. The molecule has 3 rings (SSSR count). The monoisotopic (exact) mass is 272 g/mol. The first-order chi connectivity index (χ1) is 9.74. The van der Waals surface area contributed by atoms with Crippen LogP contribution < -0.4 is 5.32 Å². The van der Waals surface area contributed by atoms with Crippen LogP contribution in [0.3, 0.4) is 0 Å². The fraction of sp³-hybridized carbons (Fsp3) is 0.143. The third-order valence-corrected chi connectivity index (χ3v) is 2.82. The van der Waals surface area contributed by atoms with Crippen LogP contribution in [0.15, 0.2) is 56.2 Å². The average molecular weight is 272 g/mol. The molecule has 0 aromatic carbocycles. The molecule has 0 saturated heterocycles. The predicted octanol–water partition coefficient (Wildman–Crippen LogP) is 3.02. The van der Waals surface area contributed by atoms with Crippen molar-refractivity contribution in [2.45, 2.75) is 13.0 Å². The zero-order valence-corrected chi connectivity index (χ0v) is 10.7. The summed E-state index contributed by atoms with van der Waals surface area (Å²) in [6.45, 7) is 1.82. The van der Waals surface area contributed by atoms with Gasteiger partial charge in [-0.2, -0.15) is 0 Å². The third kappa shape index (κ3) is 2.35. The van der Waals surface area contributed by atoms with Crippen LogP contribution in [0.5, 0.6) is 0 Å². The molecule has 1 atom stereocenters. The van der Waals surface area contributed by atoms with Crippen LogP contribution in [0.2, 0.25) is 0 Å². The number of nitrogens with one attached hydrogen (secondary N) is 1. The van der Waals surface area contributed by atoms with Crippen molar-refractivity contribution in [1.29, 1.82) is 0 Å². The van der Waals surface area contributed by atoms with Crippen molar-refractivity contribution in [3.8, 4) is 11.5 Å². The van der Waals surface area contributed by atoms with Gasteiger partial charge in [-0.1, -0.05) is 5.16 Å². The average Bonchev–Trinajstić information content (AvgIpc) is 3.19. The molecule has 6 heteroatoms. The van der Waals surface area contributed by atoms with Crippen molar-refractivity contribution < 1.29 is 18.2 Å². The van der Waals surface area contributed by atoms with Crippen LogP contribution in [-0.2, 0) is 0 Å². The summed E-state index contributed by atoms with van der Waals surface area (Å²) >= 11 is 0. The SMILES string of the molecule is C[C@H](NC(=O)c1cc(-c2ccco2)on1)c1ccco1. The number of rotatable bonds is 4. The van der Waals surface area contributed by atoms with Gasteiger partial charge < -0.3 is 18.7 Å². The quantitative estimate of drug-likeness (QED) is 0.789. The predicted molar refractivity (Wildman–Crippen MR) is 68.8 cm³/mol. The lowest BCUT2D eigenvalue weighted by Gasteiger charge is -2.09. The first kappa shape index (κ1) is 12.3. The summed E-state index contributed by atoms with van der Waals surface area (Å²) in [6.07, 6.45) is 3.08. The number of nitrogens with zero attached hydrogens (tertiary/aromatic N) is 1. The Balaban J connectivity index is 1.72. The molecule has 102 valence electrons. The minimum atomic E-state index is -0.338.